The lowest BCUT2D eigenvalue weighted by molar-refractivity contribution is -0.137. The van der Waals surface area contributed by atoms with Crippen molar-refractivity contribution in [2.45, 2.75) is 24.9 Å². The number of amides is 1. The minimum Gasteiger partial charge on any atom is -0.325 e. The van der Waals surface area contributed by atoms with Crippen LogP contribution in [-0.4, -0.2) is 16.9 Å². The van der Waals surface area contributed by atoms with Crippen LogP contribution < -0.4 is 10.6 Å². The summed E-state index contributed by atoms with van der Waals surface area (Å²) in [5.74, 6) is -0.486. The quantitative estimate of drug-likeness (QED) is 0.312. The van der Waals surface area contributed by atoms with Gasteiger partial charge in [0.15, 0.2) is 5.82 Å². The smallest absolute Gasteiger partial charge is 0.325 e. The Bertz CT molecular complexity index is 1140. The zero-order valence-corrected chi connectivity index (χ0v) is 16.7. The number of halogens is 4. The van der Waals surface area contributed by atoms with Crippen LogP contribution in [0.2, 0.25) is 0 Å². The maximum Gasteiger partial charge on any atom is 0.416 e. The Morgan fingerprint density at radius 3 is 2.41 bits per heavy atom. The normalized spacial score (nSPS) is 14.2. The molecule has 1 heterocycles. The molecule has 2 N–H and O–H groups in total. The Labute approximate surface area is 181 Å². The molecule has 1 aliphatic carbocycles. The van der Waals surface area contributed by atoms with Gasteiger partial charge in [0.1, 0.15) is 5.82 Å². The highest BCUT2D eigenvalue weighted by Crippen LogP contribution is 2.43. The molecule has 2 aromatic carbocycles. The minimum absolute atomic E-state index is 0.0158. The van der Waals surface area contributed by atoms with Crippen LogP contribution >= 0.6 is 0 Å². The van der Waals surface area contributed by atoms with Gasteiger partial charge in [-0.05, 0) is 78.9 Å². The third-order valence-corrected chi connectivity index (χ3v) is 4.87. The number of nitrogens with zero attached hydrogens (tertiary/aromatic N) is 2. The first-order chi connectivity index (χ1) is 15.3. The first-order valence-electron chi connectivity index (χ1n) is 9.84. The van der Waals surface area contributed by atoms with E-state index in [2.05, 4.69) is 20.6 Å². The number of pyridine rings is 1. The fourth-order valence-corrected chi connectivity index (χ4v) is 3.12. The van der Waals surface area contributed by atoms with Gasteiger partial charge in [0.2, 0.25) is 5.96 Å². The first kappa shape index (κ1) is 21.5. The van der Waals surface area contributed by atoms with E-state index in [1.807, 2.05) is 0 Å². The second kappa shape index (κ2) is 8.78. The molecule has 0 atom stereocenters. The third-order valence-electron chi connectivity index (χ3n) is 4.87. The zero-order chi connectivity index (χ0) is 22.7. The molecule has 0 unspecified atom stereocenters. The lowest BCUT2D eigenvalue weighted by Gasteiger charge is -2.15. The Balaban J connectivity index is 1.61. The van der Waals surface area contributed by atoms with Gasteiger partial charge in [0.25, 0.3) is 5.91 Å². The average Bonchev–Trinajstić information content (AvgIpc) is 3.60. The molecule has 0 bridgehead atoms. The lowest BCUT2D eigenvalue weighted by Crippen LogP contribution is -2.36. The van der Waals surface area contributed by atoms with E-state index in [1.54, 1.807) is 24.3 Å². The maximum atomic E-state index is 13.7. The number of aliphatic imine (C=N–C) groups is 1. The number of rotatable bonds is 4. The predicted octanol–water partition coefficient (Wildman–Crippen LogP) is 5.65. The van der Waals surface area contributed by atoms with Gasteiger partial charge in [0.05, 0.1) is 5.56 Å². The fraction of sp³-hybridized carbons (Fsp3) is 0.174. The molecule has 0 aliphatic heterocycles. The third kappa shape index (κ3) is 5.29. The van der Waals surface area contributed by atoms with E-state index in [-0.39, 0.29) is 23.3 Å². The van der Waals surface area contributed by atoms with Gasteiger partial charge in [0, 0.05) is 17.4 Å². The van der Waals surface area contributed by atoms with Gasteiger partial charge in [-0.2, -0.15) is 18.2 Å². The fourth-order valence-electron chi connectivity index (χ4n) is 3.12. The number of guanidine groups is 1. The van der Waals surface area contributed by atoms with E-state index in [1.165, 1.54) is 18.3 Å². The second-order valence-corrected chi connectivity index (χ2v) is 7.31. The number of nitrogens with one attached hydrogen (secondary N) is 2. The molecule has 0 saturated heterocycles. The second-order valence-electron chi connectivity index (χ2n) is 7.31. The minimum atomic E-state index is -4.50. The summed E-state index contributed by atoms with van der Waals surface area (Å²) in [5.41, 5.74) is 0.517. The molecule has 3 aromatic rings. The van der Waals surface area contributed by atoms with Crippen molar-refractivity contribution in [3.05, 3.63) is 89.4 Å². The maximum absolute atomic E-state index is 13.7. The van der Waals surface area contributed by atoms with E-state index in [0.717, 1.165) is 42.7 Å². The number of anilines is 1. The zero-order valence-electron chi connectivity index (χ0n) is 16.7. The first-order valence-corrected chi connectivity index (χ1v) is 9.84. The Hall–Kier alpha value is -3.75. The summed E-state index contributed by atoms with van der Waals surface area (Å²) >= 11 is 0. The SMILES string of the molecule is O=C(N/C(=N\c1ccccn1)Nc1ccc(F)cc1C1CC1)c1ccc(C(F)(F)F)cc1. The molecule has 1 aromatic heterocycles. The van der Waals surface area contributed by atoms with Crippen molar-refractivity contribution in [3.8, 4) is 0 Å². The van der Waals surface area contributed by atoms with Crippen LogP contribution in [0.25, 0.3) is 0 Å². The van der Waals surface area contributed by atoms with Gasteiger partial charge < -0.3 is 5.32 Å². The molecule has 9 heteroatoms. The summed E-state index contributed by atoms with van der Waals surface area (Å²) < 4.78 is 52.1. The summed E-state index contributed by atoms with van der Waals surface area (Å²) in [5, 5.41) is 5.59. The van der Waals surface area contributed by atoms with Crippen molar-refractivity contribution in [1.29, 1.82) is 0 Å². The highest BCUT2D eigenvalue weighted by Gasteiger charge is 2.30. The number of carbonyl (C=O) groups excluding carboxylic acids is 1. The summed E-state index contributed by atoms with van der Waals surface area (Å²) in [6.07, 6.45) is -1.10. The number of hydrogen-bond acceptors (Lipinski definition) is 3. The van der Waals surface area contributed by atoms with Gasteiger partial charge in [-0.1, -0.05) is 6.07 Å². The van der Waals surface area contributed by atoms with Crippen LogP contribution in [0.15, 0.2) is 71.9 Å². The van der Waals surface area contributed by atoms with E-state index in [9.17, 15) is 22.4 Å². The molecule has 1 aliphatic rings. The average molecular weight is 442 g/mol. The van der Waals surface area contributed by atoms with Crippen LogP contribution in [0.1, 0.15) is 40.2 Å². The summed E-state index contributed by atoms with van der Waals surface area (Å²) in [6.45, 7) is 0. The van der Waals surface area contributed by atoms with Crippen LogP contribution in [0, 0.1) is 5.82 Å². The molecule has 1 saturated carbocycles. The van der Waals surface area contributed by atoms with Crippen molar-refractivity contribution >= 4 is 23.4 Å². The largest absolute Gasteiger partial charge is 0.416 e. The van der Waals surface area contributed by atoms with Crippen LogP contribution in [0.3, 0.4) is 0 Å². The topological polar surface area (TPSA) is 66.4 Å². The number of benzene rings is 2. The number of aromatic nitrogens is 1. The molecule has 1 amide bonds. The molecule has 164 valence electrons. The van der Waals surface area contributed by atoms with Gasteiger partial charge in [-0.15, -0.1) is 0 Å². The summed E-state index contributed by atoms with van der Waals surface area (Å²) in [6, 6.07) is 13.2. The molecule has 1 fully saturated rings. The van der Waals surface area contributed by atoms with Gasteiger partial charge in [-0.25, -0.2) is 9.37 Å². The molecule has 5 nitrogen and oxygen atoms in total. The molecule has 0 radical (unpaired) electrons. The highest BCUT2D eigenvalue weighted by molar-refractivity contribution is 6.10. The molecule has 0 spiro atoms. The van der Waals surface area contributed by atoms with Gasteiger partial charge >= 0.3 is 6.18 Å². The molecular weight excluding hydrogens is 424 g/mol. The number of alkyl halides is 3. The lowest BCUT2D eigenvalue weighted by atomic mass is 10.1. The van der Waals surface area contributed by atoms with Crippen molar-refractivity contribution in [2.75, 3.05) is 5.32 Å². The van der Waals surface area contributed by atoms with Gasteiger partial charge in [-0.3, -0.25) is 10.1 Å². The highest BCUT2D eigenvalue weighted by atomic mass is 19.4. The Kier molecular flexibility index (Phi) is 5.89. The molecule has 4 rings (SSSR count). The van der Waals surface area contributed by atoms with E-state index in [0.29, 0.717) is 11.5 Å². The molecule has 32 heavy (non-hydrogen) atoms. The van der Waals surface area contributed by atoms with Crippen molar-refractivity contribution in [1.82, 2.24) is 10.3 Å². The predicted molar refractivity (Wildman–Crippen MR) is 112 cm³/mol. The Morgan fingerprint density at radius 2 is 1.78 bits per heavy atom. The Morgan fingerprint density at radius 1 is 1.03 bits per heavy atom. The number of hydrogen-bond donors (Lipinski definition) is 2. The van der Waals surface area contributed by atoms with E-state index in [4.69, 9.17) is 0 Å². The number of carbonyl (C=O) groups is 1. The monoisotopic (exact) mass is 442 g/mol. The standard InChI is InChI=1S/C23H18F4N4O/c24-17-10-11-19(18(13-17)14-4-5-14)29-22(30-20-3-1-2-12-28-20)31-21(32)15-6-8-16(9-7-15)23(25,26)27/h1-3,6-14H,4-5H2,(H2,28,29,30,31,32). The summed E-state index contributed by atoms with van der Waals surface area (Å²) in [4.78, 5) is 21.1. The van der Waals surface area contributed by atoms with E-state index >= 15 is 0 Å². The summed E-state index contributed by atoms with van der Waals surface area (Å²) in [7, 11) is 0. The van der Waals surface area contributed by atoms with Crippen LogP contribution in [-0.2, 0) is 6.18 Å². The van der Waals surface area contributed by atoms with Crippen LogP contribution in [0.5, 0.6) is 0 Å². The van der Waals surface area contributed by atoms with Crippen molar-refractivity contribution < 1.29 is 22.4 Å². The van der Waals surface area contributed by atoms with Crippen molar-refractivity contribution in [3.63, 3.8) is 0 Å². The van der Waals surface area contributed by atoms with E-state index < -0.39 is 17.6 Å². The molecular formula is C23H18F4N4O. The van der Waals surface area contributed by atoms with Crippen LogP contribution in [0.4, 0.5) is 29.1 Å². The van der Waals surface area contributed by atoms with Crippen molar-refractivity contribution in [2.24, 2.45) is 4.99 Å².